The summed E-state index contributed by atoms with van der Waals surface area (Å²) >= 11 is 5.73. The lowest BCUT2D eigenvalue weighted by molar-refractivity contribution is -0.154. The summed E-state index contributed by atoms with van der Waals surface area (Å²) < 4.78 is 24.5. The van der Waals surface area contributed by atoms with Crippen LogP contribution in [0.25, 0.3) is 0 Å². The smallest absolute Gasteiger partial charge is 0.304 e. The van der Waals surface area contributed by atoms with Gasteiger partial charge in [-0.2, -0.15) is 0 Å². The number of carbonyl (C=O) groups is 1. The van der Waals surface area contributed by atoms with Crippen molar-refractivity contribution in [1.29, 1.82) is 0 Å². The van der Waals surface area contributed by atoms with E-state index in [9.17, 15) is 14.3 Å². The molecule has 1 atom stereocenters. The van der Waals surface area contributed by atoms with Crippen molar-refractivity contribution in [3.05, 3.63) is 22.5 Å². The number of likely N-dealkylation sites (tertiary alicyclic amines) is 1. The van der Waals surface area contributed by atoms with E-state index in [1.165, 1.54) is 20.1 Å². The second-order valence-corrected chi connectivity index (χ2v) is 5.26. The molecular formula is C14H17ClFNO4. The first kappa shape index (κ1) is 15.9. The third-order valence-corrected chi connectivity index (χ3v) is 3.79. The number of carbonyl (C=O) groups excluding carboxylic acids is 1. The first-order chi connectivity index (χ1) is 9.93. The van der Waals surface area contributed by atoms with Gasteiger partial charge in [-0.05, 0) is 12.8 Å². The third-order valence-electron chi connectivity index (χ3n) is 3.43. The molecule has 0 bridgehead atoms. The van der Waals surface area contributed by atoms with Crippen LogP contribution in [0.2, 0.25) is 5.02 Å². The first-order valence-corrected chi connectivity index (χ1v) is 6.97. The standard InChI is InChI=1S/C14H17ClFNO4/c1-8(18)21-12-4-3-5-17(12)7-9-11(20-2)6-10(19)13(15)14(9)16/h6,12,19H,3-5,7H2,1-2H3. The number of benzene rings is 1. The lowest BCUT2D eigenvalue weighted by Gasteiger charge is -2.25. The fourth-order valence-electron chi connectivity index (χ4n) is 2.46. The normalized spacial score (nSPS) is 18.8. The number of halogens is 2. The fourth-order valence-corrected chi connectivity index (χ4v) is 2.63. The van der Waals surface area contributed by atoms with Crippen molar-refractivity contribution in [2.45, 2.75) is 32.5 Å². The van der Waals surface area contributed by atoms with E-state index in [1.54, 1.807) is 0 Å². The SMILES string of the molecule is COc1cc(O)c(Cl)c(F)c1CN1CCCC1OC(C)=O. The van der Waals surface area contributed by atoms with Crippen molar-refractivity contribution in [3.8, 4) is 11.5 Å². The average Bonchev–Trinajstić information content (AvgIpc) is 2.85. The minimum Gasteiger partial charge on any atom is -0.506 e. The van der Waals surface area contributed by atoms with Crippen LogP contribution < -0.4 is 4.74 Å². The Morgan fingerprint density at radius 3 is 2.95 bits per heavy atom. The molecule has 1 fully saturated rings. The molecule has 2 rings (SSSR count). The Morgan fingerprint density at radius 2 is 2.33 bits per heavy atom. The van der Waals surface area contributed by atoms with E-state index in [2.05, 4.69) is 0 Å². The predicted molar refractivity (Wildman–Crippen MR) is 74.8 cm³/mol. The highest BCUT2D eigenvalue weighted by Gasteiger charge is 2.29. The van der Waals surface area contributed by atoms with Gasteiger partial charge in [-0.15, -0.1) is 0 Å². The minimum absolute atomic E-state index is 0.187. The number of phenolic OH excluding ortho intramolecular Hbond substituents is 1. The number of nitrogens with zero attached hydrogens (tertiary/aromatic N) is 1. The van der Waals surface area contributed by atoms with Gasteiger partial charge in [0.15, 0.2) is 12.0 Å². The molecule has 0 spiro atoms. The summed E-state index contributed by atoms with van der Waals surface area (Å²) in [6.07, 6.45) is 1.18. The molecule has 0 aliphatic carbocycles. The number of aromatic hydroxyl groups is 1. The Hall–Kier alpha value is -1.53. The zero-order chi connectivity index (χ0) is 15.6. The number of esters is 1. The van der Waals surface area contributed by atoms with Crippen LogP contribution in [0.4, 0.5) is 4.39 Å². The summed E-state index contributed by atoms with van der Waals surface area (Å²) in [5.74, 6) is -1.25. The molecule has 1 aromatic carbocycles. The molecule has 1 saturated heterocycles. The van der Waals surface area contributed by atoms with Crippen molar-refractivity contribution in [2.75, 3.05) is 13.7 Å². The van der Waals surface area contributed by atoms with Crippen LogP contribution >= 0.6 is 11.6 Å². The molecule has 0 saturated carbocycles. The van der Waals surface area contributed by atoms with E-state index in [4.69, 9.17) is 21.1 Å². The monoisotopic (exact) mass is 317 g/mol. The van der Waals surface area contributed by atoms with Crippen LogP contribution in [-0.2, 0) is 16.1 Å². The lowest BCUT2D eigenvalue weighted by Crippen LogP contribution is -2.32. The molecule has 116 valence electrons. The molecule has 21 heavy (non-hydrogen) atoms. The number of hydrogen-bond acceptors (Lipinski definition) is 5. The van der Waals surface area contributed by atoms with Crippen LogP contribution in [0, 0.1) is 5.82 Å². The van der Waals surface area contributed by atoms with Gasteiger partial charge < -0.3 is 14.6 Å². The molecule has 1 unspecified atom stereocenters. The van der Waals surface area contributed by atoms with Crippen molar-refractivity contribution in [2.24, 2.45) is 0 Å². The number of hydrogen-bond donors (Lipinski definition) is 1. The quantitative estimate of drug-likeness (QED) is 0.865. The molecule has 0 radical (unpaired) electrons. The topological polar surface area (TPSA) is 59.0 Å². The zero-order valence-corrected chi connectivity index (χ0v) is 12.6. The second-order valence-electron chi connectivity index (χ2n) is 4.88. The predicted octanol–water partition coefficient (Wildman–Crippen LogP) is 2.68. The van der Waals surface area contributed by atoms with Crippen molar-refractivity contribution in [1.82, 2.24) is 4.90 Å². The van der Waals surface area contributed by atoms with Gasteiger partial charge >= 0.3 is 5.97 Å². The van der Waals surface area contributed by atoms with Gasteiger partial charge in [-0.3, -0.25) is 9.69 Å². The summed E-state index contributed by atoms with van der Waals surface area (Å²) in [4.78, 5) is 12.9. The zero-order valence-electron chi connectivity index (χ0n) is 11.9. The maximum Gasteiger partial charge on any atom is 0.304 e. The number of methoxy groups -OCH3 is 1. The summed E-state index contributed by atoms with van der Waals surface area (Å²) in [5, 5.41) is 9.19. The summed E-state index contributed by atoms with van der Waals surface area (Å²) in [5.41, 5.74) is 0.236. The molecule has 1 N–H and O–H groups in total. The Kier molecular flexibility index (Phi) is 4.90. The van der Waals surface area contributed by atoms with Crippen molar-refractivity contribution < 1.29 is 23.8 Å². The van der Waals surface area contributed by atoms with E-state index < -0.39 is 5.82 Å². The summed E-state index contributed by atoms with van der Waals surface area (Å²) in [6, 6.07) is 1.28. The molecule has 7 heteroatoms. The third kappa shape index (κ3) is 3.39. The number of rotatable bonds is 4. The van der Waals surface area contributed by atoms with Crippen LogP contribution in [0.1, 0.15) is 25.3 Å². The highest BCUT2D eigenvalue weighted by Crippen LogP contribution is 2.37. The molecule has 5 nitrogen and oxygen atoms in total. The lowest BCUT2D eigenvalue weighted by atomic mass is 10.1. The van der Waals surface area contributed by atoms with Gasteiger partial charge in [0.2, 0.25) is 0 Å². The van der Waals surface area contributed by atoms with Crippen LogP contribution in [-0.4, -0.2) is 35.9 Å². The number of ether oxygens (including phenoxy) is 2. The van der Waals surface area contributed by atoms with Gasteiger partial charge in [-0.25, -0.2) is 4.39 Å². The van der Waals surface area contributed by atoms with E-state index in [1.807, 2.05) is 4.90 Å². The van der Waals surface area contributed by atoms with E-state index in [-0.39, 0.29) is 40.8 Å². The molecule has 1 aromatic rings. The Balaban J connectivity index is 2.26. The van der Waals surface area contributed by atoms with Gasteiger partial charge in [0.1, 0.15) is 16.5 Å². The number of phenols is 1. The van der Waals surface area contributed by atoms with Gasteiger partial charge in [0.05, 0.1) is 7.11 Å². The highest BCUT2D eigenvalue weighted by molar-refractivity contribution is 6.32. The summed E-state index contributed by atoms with van der Waals surface area (Å²) in [7, 11) is 1.39. The first-order valence-electron chi connectivity index (χ1n) is 6.59. The van der Waals surface area contributed by atoms with Crippen LogP contribution in [0.5, 0.6) is 11.5 Å². The molecular weight excluding hydrogens is 301 g/mol. The van der Waals surface area contributed by atoms with E-state index >= 15 is 0 Å². The van der Waals surface area contributed by atoms with E-state index in [0.717, 1.165) is 6.42 Å². The molecule has 1 aliphatic rings. The average molecular weight is 318 g/mol. The highest BCUT2D eigenvalue weighted by atomic mass is 35.5. The Labute approximate surface area is 127 Å². The summed E-state index contributed by atoms with van der Waals surface area (Å²) in [6.45, 7) is 2.21. The molecule has 1 heterocycles. The molecule has 0 aromatic heterocycles. The van der Waals surface area contributed by atoms with E-state index in [0.29, 0.717) is 13.0 Å². The maximum atomic E-state index is 14.2. The minimum atomic E-state index is -0.720. The van der Waals surface area contributed by atoms with Gasteiger partial charge in [0, 0.05) is 31.6 Å². The fraction of sp³-hybridized carbons (Fsp3) is 0.500. The molecule has 0 amide bonds. The Bertz CT molecular complexity index is 552. The van der Waals surface area contributed by atoms with Crippen LogP contribution in [0.3, 0.4) is 0 Å². The Morgan fingerprint density at radius 1 is 1.62 bits per heavy atom. The van der Waals surface area contributed by atoms with Gasteiger partial charge in [0.25, 0.3) is 0 Å². The maximum absolute atomic E-state index is 14.2. The van der Waals surface area contributed by atoms with Crippen molar-refractivity contribution in [3.63, 3.8) is 0 Å². The van der Waals surface area contributed by atoms with Crippen molar-refractivity contribution >= 4 is 17.6 Å². The van der Waals surface area contributed by atoms with Gasteiger partial charge in [-0.1, -0.05) is 11.6 Å². The molecule has 1 aliphatic heterocycles. The second kappa shape index (κ2) is 6.49. The van der Waals surface area contributed by atoms with Crippen LogP contribution in [0.15, 0.2) is 6.07 Å². The largest absolute Gasteiger partial charge is 0.506 e.